The third-order valence-electron chi connectivity index (χ3n) is 2.89. The van der Waals surface area contributed by atoms with Gasteiger partial charge in [0.25, 0.3) is 0 Å². The second kappa shape index (κ2) is 7.26. The van der Waals surface area contributed by atoms with Crippen LogP contribution < -0.4 is 0 Å². The molecule has 0 atom stereocenters. The molecule has 0 heterocycles. The lowest BCUT2D eigenvalue weighted by molar-refractivity contribution is -0.132. The van der Waals surface area contributed by atoms with Crippen molar-refractivity contribution >= 4 is 57.2 Å². The van der Waals surface area contributed by atoms with Crippen LogP contribution in [0.3, 0.4) is 0 Å². The zero-order valence-corrected chi connectivity index (χ0v) is 15.2. The van der Waals surface area contributed by atoms with Gasteiger partial charge in [-0.1, -0.05) is 30.3 Å². The highest BCUT2D eigenvalue weighted by atomic mass is 127. The summed E-state index contributed by atoms with van der Waals surface area (Å²) in [5.41, 5.74) is 2.04. The van der Waals surface area contributed by atoms with Crippen LogP contribution in [0, 0.1) is 7.14 Å². The smallest absolute Gasteiger partial charge is 0.331 e. The number of carbonyl (C=O) groups is 1. The Bertz CT molecular complexity index is 671. The van der Waals surface area contributed by atoms with Crippen LogP contribution in [0.5, 0.6) is 5.75 Å². The molecule has 0 aliphatic rings. The van der Waals surface area contributed by atoms with E-state index in [1.165, 1.54) is 0 Å². The van der Waals surface area contributed by atoms with E-state index in [2.05, 4.69) is 0 Å². The standard InChI is InChI=1S/C16H12I2O3/c17-13-8-11(9-14(18)15(13)19)7-12(16(20)21)6-10-4-2-1-3-5-10/h1-5,7-9,19H,6H2,(H,20,21). The molecule has 5 heteroatoms. The topological polar surface area (TPSA) is 57.5 Å². The summed E-state index contributed by atoms with van der Waals surface area (Å²) in [6.45, 7) is 0. The highest BCUT2D eigenvalue weighted by Crippen LogP contribution is 2.28. The van der Waals surface area contributed by atoms with E-state index in [0.717, 1.165) is 11.1 Å². The van der Waals surface area contributed by atoms with E-state index < -0.39 is 5.97 Å². The Labute approximate surface area is 150 Å². The van der Waals surface area contributed by atoms with E-state index in [9.17, 15) is 15.0 Å². The van der Waals surface area contributed by atoms with Crippen molar-refractivity contribution < 1.29 is 15.0 Å². The molecule has 0 aliphatic carbocycles. The third kappa shape index (κ3) is 4.44. The summed E-state index contributed by atoms with van der Waals surface area (Å²) in [5, 5.41) is 19.1. The second-order valence-electron chi connectivity index (χ2n) is 4.47. The number of halogens is 2. The van der Waals surface area contributed by atoms with E-state index in [1.54, 1.807) is 18.2 Å². The van der Waals surface area contributed by atoms with Crippen LogP contribution in [-0.4, -0.2) is 16.2 Å². The first kappa shape index (κ1) is 16.3. The summed E-state index contributed by atoms with van der Waals surface area (Å²) >= 11 is 4.06. The molecule has 0 saturated heterocycles. The minimum Gasteiger partial charge on any atom is -0.506 e. The lowest BCUT2D eigenvalue weighted by Crippen LogP contribution is -2.04. The summed E-state index contributed by atoms with van der Waals surface area (Å²) in [4.78, 5) is 11.4. The molecule has 0 aromatic heterocycles. The number of aromatic hydroxyl groups is 1. The average molecular weight is 506 g/mol. The highest BCUT2D eigenvalue weighted by molar-refractivity contribution is 14.1. The highest BCUT2D eigenvalue weighted by Gasteiger charge is 2.10. The van der Waals surface area contributed by atoms with Gasteiger partial charge in [-0.2, -0.15) is 0 Å². The minimum absolute atomic E-state index is 0.230. The summed E-state index contributed by atoms with van der Waals surface area (Å²) in [6, 6.07) is 13.0. The zero-order chi connectivity index (χ0) is 15.4. The Hall–Kier alpha value is -1.09. The molecule has 2 aromatic rings. The molecule has 3 nitrogen and oxygen atoms in total. The van der Waals surface area contributed by atoms with Crippen molar-refractivity contribution in [2.75, 3.05) is 0 Å². The lowest BCUT2D eigenvalue weighted by atomic mass is 10.0. The van der Waals surface area contributed by atoms with Crippen LogP contribution in [-0.2, 0) is 11.2 Å². The molecule has 0 saturated carbocycles. The molecule has 2 aromatic carbocycles. The summed E-state index contributed by atoms with van der Waals surface area (Å²) in [5.74, 6) is -0.703. The normalized spacial score (nSPS) is 11.4. The van der Waals surface area contributed by atoms with Crippen molar-refractivity contribution in [2.45, 2.75) is 6.42 Å². The van der Waals surface area contributed by atoms with Gasteiger partial charge in [0.05, 0.1) is 7.14 Å². The molecule has 0 unspecified atom stereocenters. The fourth-order valence-corrected chi connectivity index (χ4v) is 3.69. The molecule has 0 bridgehead atoms. The molecular weight excluding hydrogens is 494 g/mol. The number of rotatable bonds is 4. The van der Waals surface area contributed by atoms with Gasteiger partial charge < -0.3 is 10.2 Å². The van der Waals surface area contributed by atoms with Gasteiger partial charge in [0.2, 0.25) is 0 Å². The Kier molecular flexibility index (Phi) is 5.63. The van der Waals surface area contributed by atoms with E-state index in [-0.39, 0.29) is 5.75 Å². The van der Waals surface area contributed by atoms with Gasteiger partial charge in [-0.3, -0.25) is 0 Å². The van der Waals surface area contributed by atoms with Gasteiger partial charge in [0.15, 0.2) is 0 Å². The van der Waals surface area contributed by atoms with Crippen LogP contribution in [0.2, 0.25) is 0 Å². The molecule has 0 radical (unpaired) electrons. The van der Waals surface area contributed by atoms with Gasteiger partial charge in [0, 0.05) is 12.0 Å². The Balaban J connectivity index is 2.36. The van der Waals surface area contributed by atoms with Crippen LogP contribution in [0.1, 0.15) is 11.1 Å². The van der Waals surface area contributed by atoms with E-state index >= 15 is 0 Å². The summed E-state index contributed by atoms with van der Waals surface area (Å²) in [6.07, 6.45) is 2.02. The maximum atomic E-state index is 11.4. The Morgan fingerprint density at radius 3 is 2.19 bits per heavy atom. The number of hydrogen-bond donors (Lipinski definition) is 2. The van der Waals surface area contributed by atoms with E-state index in [1.807, 2.05) is 75.5 Å². The molecule has 0 spiro atoms. The maximum Gasteiger partial charge on any atom is 0.331 e. The Morgan fingerprint density at radius 1 is 1.10 bits per heavy atom. The van der Waals surface area contributed by atoms with Gasteiger partial charge in [-0.15, -0.1) is 0 Å². The molecule has 21 heavy (non-hydrogen) atoms. The monoisotopic (exact) mass is 506 g/mol. The van der Waals surface area contributed by atoms with Gasteiger partial charge in [0.1, 0.15) is 5.75 Å². The number of benzene rings is 2. The van der Waals surface area contributed by atoms with E-state index in [4.69, 9.17) is 0 Å². The zero-order valence-electron chi connectivity index (χ0n) is 10.9. The van der Waals surface area contributed by atoms with Gasteiger partial charge in [-0.25, -0.2) is 4.79 Å². The number of aliphatic carboxylic acids is 1. The first-order chi connectivity index (χ1) is 9.97. The molecule has 2 N–H and O–H groups in total. The average Bonchev–Trinajstić information content (AvgIpc) is 2.45. The third-order valence-corrected chi connectivity index (χ3v) is 4.54. The number of carboxylic acid groups (broad SMARTS) is 1. The van der Waals surface area contributed by atoms with Gasteiger partial charge >= 0.3 is 5.97 Å². The largest absolute Gasteiger partial charge is 0.506 e. The number of phenolic OH excluding ortho intramolecular Hbond substituents is 1. The quantitative estimate of drug-likeness (QED) is 0.481. The Morgan fingerprint density at radius 2 is 1.67 bits per heavy atom. The lowest BCUT2D eigenvalue weighted by Gasteiger charge is -2.06. The van der Waals surface area contributed by atoms with Crippen LogP contribution in [0.15, 0.2) is 48.0 Å². The van der Waals surface area contributed by atoms with Crippen molar-refractivity contribution in [3.8, 4) is 5.75 Å². The maximum absolute atomic E-state index is 11.4. The van der Waals surface area contributed by atoms with Gasteiger partial charge in [-0.05, 0) is 74.5 Å². The molecule has 2 rings (SSSR count). The predicted octanol–water partition coefficient (Wildman–Crippen LogP) is 4.31. The molecule has 108 valence electrons. The number of carboxylic acids is 1. The summed E-state index contributed by atoms with van der Waals surface area (Å²) in [7, 11) is 0. The SMILES string of the molecule is O=C(O)C(=Cc1cc(I)c(O)c(I)c1)Cc1ccccc1. The number of phenols is 1. The second-order valence-corrected chi connectivity index (χ2v) is 6.79. The molecule has 0 amide bonds. The first-order valence-corrected chi connectivity index (χ1v) is 8.29. The van der Waals surface area contributed by atoms with Crippen molar-refractivity contribution in [1.29, 1.82) is 0 Å². The first-order valence-electron chi connectivity index (χ1n) is 6.13. The minimum atomic E-state index is -0.933. The van der Waals surface area contributed by atoms with Crippen LogP contribution in [0.25, 0.3) is 6.08 Å². The molecule has 0 fully saturated rings. The fourth-order valence-electron chi connectivity index (χ4n) is 1.87. The van der Waals surface area contributed by atoms with Crippen molar-refractivity contribution in [2.24, 2.45) is 0 Å². The fraction of sp³-hybridized carbons (Fsp3) is 0.0625. The van der Waals surface area contributed by atoms with Crippen LogP contribution >= 0.6 is 45.2 Å². The summed E-state index contributed by atoms with van der Waals surface area (Å²) < 4.78 is 1.41. The molecule has 0 aliphatic heterocycles. The van der Waals surface area contributed by atoms with Crippen molar-refractivity contribution in [1.82, 2.24) is 0 Å². The van der Waals surface area contributed by atoms with Crippen LogP contribution in [0.4, 0.5) is 0 Å². The van der Waals surface area contributed by atoms with Crippen molar-refractivity contribution in [3.05, 3.63) is 66.3 Å². The number of hydrogen-bond acceptors (Lipinski definition) is 2. The van der Waals surface area contributed by atoms with E-state index in [0.29, 0.717) is 19.1 Å². The van der Waals surface area contributed by atoms with Crippen molar-refractivity contribution in [3.63, 3.8) is 0 Å². The predicted molar refractivity (Wildman–Crippen MR) is 99.3 cm³/mol. The molecular formula is C16H12I2O3.